The summed E-state index contributed by atoms with van der Waals surface area (Å²) in [6.07, 6.45) is 13.2. The Morgan fingerprint density at radius 3 is 2.47 bits per heavy atom. The van der Waals surface area contributed by atoms with Crippen molar-refractivity contribution in [2.45, 2.75) is 77.7 Å². The van der Waals surface area contributed by atoms with Crippen molar-refractivity contribution in [2.75, 3.05) is 6.54 Å². The maximum atomic E-state index is 3.78. The SMILES string of the molecule is CCCNC(CC)C1CCC2CCCCC2C1. The third-order valence-electron chi connectivity index (χ3n) is 5.25. The molecule has 2 aliphatic rings. The fourth-order valence-corrected chi connectivity index (χ4v) is 4.25. The van der Waals surface area contributed by atoms with Crippen LogP contribution in [0.5, 0.6) is 0 Å². The molecule has 2 saturated carbocycles. The average molecular weight is 237 g/mol. The predicted molar refractivity (Wildman–Crippen MR) is 75.2 cm³/mol. The number of fused-ring (bicyclic) bond motifs is 1. The molecule has 0 amide bonds. The first kappa shape index (κ1) is 13.4. The molecule has 1 nitrogen and oxygen atoms in total. The lowest BCUT2D eigenvalue weighted by molar-refractivity contribution is 0.108. The quantitative estimate of drug-likeness (QED) is 0.748. The molecule has 0 spiro atoms. The molecule has 1 heteroatoms. The summed E-state index contributed by atoms with van der Waals surface area (Å²) in [4.78, 5) is 0. The summed E-state index contributed by atoms with van der Waals surface area (Å²) < 4.78 is 0. The zero-order chi connectivity index (χ0) is 12.1. The minimum Gasteiger partial charge on any atom is -0.314 e. The van der Waals surface area contributed by atoms with Gasteiger partial charge >= 0.3 is 0 Å². The Balaban J connectivity index is 1.84. The van der Waals surface area contributed by atoms with Crippen molar-refractivity contribution < 1.29 is 0 Å². The first-order valence-electron chi connectivity index (χ1n) is 8.08. The van der Waals surface area contributed by atoms with Gasteiger partial charge in [0.2, 0.25) is 0 Å². The van der Waals surface area contributed by atoms with E-state index in [1.54, 1.807) is 0 Å². The highest BCUT2D eigenvalue weighted by atomic mass is 14.9. The number of hydrogen-bond donors (Lipinski definition) is 1. The van der Waals surface area contributed by atoms with Gasteiger partial charge in [-0.15, -0.1) is 0 Å². The van der Waals surface area contributed by atoms with E-state index in [0.717, 1.165) is 23.8 Å². The molecular formula is C16H31N. The Hall–Kier alpha value is -0.0400. The van der Waals surface area contributed by atoms with Crippen molar-refractivity contribution in [2.24, 2.45) is 17.8 Å². The highest BCUT2D eigenvalue weighted by molar-refractivity contribution is 4.87. The van der Waals surface area contributed by atoms with Crippen molar-refractivity contribution in [3.63, 3.8) is 0 Å². The summed E-state index contributed by atoms with van der Waals surface area (Å²) in [6, 6.07) is 0.804. The molecule has 0 aromatic rings. The summed E-state index contributed by atoms with van der Waals surface area (Å²) in [7, 11) is 0. The van der Waals surface area contributed by atoms with Crippen LogP contribution in [0, 0.1) is 17.8 Å². The number of rotatable bonds is 5. The van der Waals surface area contributed by atoms with E-state index in [9.17, 15) is 0 Å². The van der Waals surface area contributed by atoms with Gasteiger partial charge in [-0.3, -0.25) is 0 Å². The predicted octanol–water partition coefficient (Wildman–Crippen LogP) is 4.37. The fraction of sp³-hybridized carbons (Fsp3) is 1.00. The summed E-state index contributed by atoms with van der Waals surface area (Å²) in [5.74, 6) is 3.16. The maximum Gasteiger partial charge on any atom is 0.00928 e. The van der Waals surface area contributed by atoms with Crippen molar-refractivity contribution >= 4 is 0 Å². The summed E-state index contributed by atoms with van der Waals surface area (Å²) in [5.41, 5.74) is 0. The van der Waals surface area contributed by atoms with E-state index in [1.807, 2.05) is 0 Å². The second-order valence-corrected chi connectivity index (χ2v) is 6.35. The molecule has 1 N–H and O–H groups in total. The van der Waals surface area contributed by atoms with Gasteiger partial charge in [0.05, 0.1) is 0 Å². The van der Waals surface area contributed by atoms with E-state index in [2.05, 4.69) is 19.2 Å². The van der Waals surface area contributed by atoms with Gasteiger partial charge in [-0.2, -0.15) is 0 Å². The molecule has 0 radical (unpaired) electrons. The van der Waals surface area contributed by atoms with Crippen LogP contribution in [-0.4, -0.2) is 12.6 Å². The van der Waals surface area contributed by atoms with Gasteiger partial charge in [0.15, 0.2) is 0 Å². The average Bonchev–Trinajstić information content (AvgIpc) is 2.39. The van der Waals surface area contributed by atoms with Gasteiger partial charge in [0, 0.05) is 6.04 Å². The van der Waals surface area contributed by atoms with Crippen molar-refractivity contribution in [1.29, 1.82) is 0 Å². The third-order valence-corrected chi connectivity index (χ3v) is 5.25. The minimum atomic E-state index is 0.804. The Morgan fingerprint density at radius 2 is 1.76 bits per heavy atom. The lowest BCUT2D eigenvalue weighted by atomic mass is 9.66. The molecule has 0 saturated heterocycles. The third kappa shape index (κ3) is 3.47. The Bertz CT molecular complexity index is 214. The van der Waals surface area contributed by atoms with Gasteiger partial charge in [-0.25, -0.2) is 0 Å². The van der Waals surface area contributed by atoms with Gasteiger partial charge in [-0.05, 0) is 56.4 Å². The van der Waals surface area contributed by atoms with Gasteiger partial charge in [0.25, 0.3) is 0 Å². The standard InChI is InChI=1S/C16H31N/c1-3-11-17-16(4-2)15-10-9-13-7-5-6-8-14(13)12-15/h13-17H,3-12H2,1-2H3. The van der Waals surface area contributed by atoms with Gasteiger partial charge in [-0.1, -0.05) is 39.5 Å². The summed E-state index contributed by atoms with van der Waals surface area (Å²) in [6.45, 7) is 5.85. The zero-order valence-corrected chi connectivity index (χ0v) is 11.9. The van der Waals surface area contributed by atoms with Crippen LogP contribution in [0.25, 0.3) is 0 Å². The lowest BCUT2D eigenvalue weighted by Crippen LogP contribution is -2.40. The van der Waals surface area contributed by atoms with Crippen LogP contribution in [0.4, 0.5) is 0 Å². The van der Waals surface area contributed by atoms with E-state index >= 15 is 0 Å². The van der Waals surface area contributed by atoms with Crippen LogP contribution in [0.3, 0.4) is 0 Å². The highest BCUT2D eigenvalue weighted by Gasteiger charge is 2.34. The lowest BCUT2D eigenvalue weighted by Gasteiger charge is -2.42. The molecule has 4 atom stereocenters. The number of nitrogens with one attached hydrogen (secondary N) is 1. The van der Waals surface area contributed by atoms with E-state index in [0.29, 0.717) is 0 Å². The van der Waals surface area contributed by atoms with Gasteiger partial charge in [0.1, 0.15) is 0 Å². The normalized spacial score (nSPS) is 35.3. The van der Waals surface area contributed by atoms with Crippen LogP contribution >= 0.6 is 0 Å². The Kier molecular flexibility index (Phi) is 5.34. The first-order valence-corrected chi connectivity index (χ1v) is 8.08. The molecule has 4 unspecified atom stereocenters. The van der Waals surface area contributed by atoms with Crippen LogP contribution < -0.4 is 5.32 Å². The maximum absolute atomic E-state index is 3.78. The largest absolute Gasteiger partial charge is 0.314 e. The molecule has 2 aliphatic carbocycles. The fourth-order valence-electron chi connectivity index (χ4n) is 4.25. The summed E-state index contributed by atoms with van der Waals surface area (Å²) >= 11 is 0. The molecule has 0 bridgehead atoms. The highest BCUT2D eigenvalue weighted by Crippen LogP contribution is 2.43. The molecule has 0 aromatic heterocycles. The topological polar surface area (TPSA) is 12.0 Å². The molecule has 100 valence electrons. The molecule has 0 heterocycles. The van der Waals surface area contributed by atoms with Crippen molar-refractivity contribution in [3.8, 4) is 0 Å². The second-order valence-electron chi connectivity index (χ2n) is 6.35. The molecule has 17 heavy (non-hydrogen) atoms. The van der Waals surface area contributed by atoms with E-state index in [4.69, 9.17) is 0 Å². The van der Waals surface area contributed by atoms with Crippen molar-refractivity contribution in [3.05, 3.63) is 0 Å². The second kappa shape index (κ2) is 6.78. The molecule has 2 rings (SSSR count). The zero-order valence-electron chi connectivity index (χ0n) is 11.9. The molecule has 0 aromatic carbocycles. The molecule has 2 fully saturated rings. The molecular weight excluding hydrogens is 206 g/mol. The van der Waals surface area contributed by atoms with E-state index in [1.165, 1.54) is 64.3 Å². The monoisotopic (exact) mass is 237 g/mol. The van der Waals surface area contributed by atoms with E-state index in [-0.39, 0.29) is 0 Å². The van der Waals surface area contributed by atoms with Gasteiger partial charge < -0.3 is 5.32 Å². The van der Waals surface area contributed by atoms with Crippen LogP contribution in [0.15, 0.2) is 0 Å². The van der Waals surface area contributed by atoms with Crippen LogP contribution in [-0.2, 0) is 0 Å². The summed E-state index contributed by atoms with van der Waals surface area (Å²) in [5, 5.41) is 3.78. The Labute approximate surface area is 108 Å². The Morgan fingerprint density at radius 1 is 1.00 bits per heavy atom. The van der Waals surface area contributed by atoms with Crippen LogP contribution in [0.1, 0.15) is 71.6 Å². The smallest absolute Gasteiger partial charge is 0.00928 e. The van der Waals surface area contributed by atoms with Crippen molar-refractivity contribution in [1.82, 2.24) is 5.32 Å². The van der Waals surface area contributed by atoms with Crippen LogP contribution in [0.2, 0.25) is 0 Å². The van der Waals surface area contributed by atoms with E-state index < -0.39 is 0 Å². The minimum absolute atomic E-state index is 0.804. The molecule has 0 aliphatic heterocycles. The first-order chi connectivity index (χ1) is 8.35. The number of hydrogen-bond acceptors (Lipinski definition) is 1.